The third-order valence-corrected chi connectivity index (χ3v) is 12.4. The predicted molar refractivity (Wildman–Crippen MR) is 221 cm³/mol. The maximum Gasteiger partial charge on any atom is 0.144 e. The van der Waals surface area contributed by atoms with Crippen LogP contribution in [0.1, 0.15) is 44.5 Å². The van der Waals surface area contributed by atoms with Crippen LogP contribution in [0.2, 0.25) is 5.02 Å². The molecule has 2 aliphatic carbocycles. The predicted octanol–water partition coefficient (Wildman–Crippen LogP) is 13.7. The van der Waals surface area contributed by atoms with Gasteiger partial charge in [0.15, 0.2) is 0 Å². The lowest BCUT2D eigenvalue weighted by Gasteiger charge is -2.41. The molecule has 1 nitrogen and oxygen atoms in total. The molecular weight excluding hydrogens is 732 g/mol. The molecule has 0 saturated carbocycles. The molecule has 8 aromatic carbocycles. The van der Waals surface area contributed by atoms with E-state index in [1.165, 1.54) is 61.2 Å². The Labute approximate surface area is 321 Å². The molecule has 0 saturated heterocycles. The van der Waals surface area contributed by atoms with Gasteiger partial charge in [-0.2, -0.15) is 0 Å². The first-order valence-electron chi connectivity index (χ1n) is 18.0. The van der Waals surface area contributed by atoms with Crippen molar-refractivity contribution in [2.24, 2.45) is 0 Å². The van der Waals surface area contributed by atoms with Crippen molar-refractivity contribution in [2.75, 3.05) is 0 Å². The summed E-state index contributed by atoms with van der Waals surface area (Å²) in [5.41, 5.74) is 14.7. The van der Waals surface area contributed by atoms with Crippen molar-refractivity contribution < 1.29 is 4.42 Å². The fraction of sp³-hybridized carbons (Fsp3) is 0.0400. The Bertz CT molecular complexity index is 2820. The van der Waals surface area contributed by atoms with Gasteiger partial charge in [0.25, 0.3) is 0 Å². The molecule has 250 valence electrons. The molecule has 0 amide bonds. The van der Waals surface area contributed by atoms with Gasteiger partial charge in [0.2, 0.25) is 0 Å². The quantitative estimate of drug-likeness (QED) is 0.174. The van der Waals surface area contributed by atoms with Gasteiger partial charge in [0.1, 0.15) is 11.2 Å². The Kier molecular flexibility index (Phi) is 6.66. The SMILES string of the molecule is Clc1ccc2c(c1)C(c1ccccc1)(c1ccccc1)c1c3c(c4oc5ccccc5c4c1-2)-c1ccc(Br)cc1C3(c1ccccc1)c1ccccc1. The summed E-state index contributed by atoms with van der Waals surface area (Å²) in [5.74, 6) is 0. The van der Waals surface area contributed by atoms with Crippen LogP contribution in [0.4, 0.5) is 0 Å². The molecule has 0 aliphatic heterocycles. The van der Waals surface area contributed by atoms with Crippen LogP contribution >= 0.6 is 27.5 Å². The monoisotopic (exact) mass is 760 g/mol. The molecule has 0 radical (unpaired) electrons. The number of hydrogen-bond donors (Lipinski definition) is 0. The average Bonchev–Trinajstić information content (AvgIpc) is 3.84. The lowest BCUT2D eigenvalue weighted by molar-refractivity contribution is 0.666. The van der Waals surface area contributed by atoms with Crippen molar-refractivity contribution in [3.63, 3.8) is 0 Å². The van der Waals surface area contributed by atoms with Crippen LogP contribution in [0, 0.1) is 0 Å². The third-order valence-electron chi connectivity index (χ3n) is 11.7. The Morgan fingerprint density at radius 3 is 1.47 bits per heavy atom. The molecule has 0 spiro atoms. The van der Waals surface area contributed by atoms with E-state index in [9.17, 15) is 0 Å². The van der Waals surface area contributed by atoms with E-state index in [1.54, 1.807) is 0 Å². The highest BCUT2D eigenvalue weighted by Crippen LogP contribution is 2.68. The minimum Gasteiger partial charge on any atom is -0.455 e. The summed E-state index contributed by atoms with van der Waals surface area (Å²) in [4.78, 5) is 0. The first kappa shape index (κ1) is 30.9. The molecule has 2 aliphatic rings. The molecule has 0 N–H and O–H groups in total. The van der Waals surface area contributed by atoms with Gasteiger partial charge in [0.05, 0.1) is 10.8 Å². The highest BCUT2D eigenvalue weighted by Gasteiger charge is 2.57. The van der Waals surface area contributed by atoms with E-state index >= 15 is 0 Å². The number of furan rings is 1. The summed E-state index contributed by atoms with van der Waals surface area (Å²) in [6, 6.07) is 66.0. The van der Waals surface area contributed by atoms with Crippen molar-refractivity contribution in [3.8, 4) is 22.3 Å². The Balaban J connectivity index is 1.50. The summed E-state index contributed by atoms with van der Waals surface area (Å²) < 4.78 is 8.19. The first-order valence-corrected chi connectivity index (χ1v) is 19.2. The maximum atomic E-state index is 7.15. The van der Waals surface area contributed by atoms with Crippen molar-refractivity contribution in [3.05, 3.63) is 236 Å². The van der Waals surface area contributed by atoms with Gasteiger partial charge in [-0.1, -0.05) is 179 Å². The third kappa shape index (κ3) is 3.98. The van der Waals surface area contributed by atoms with E-state index in [4.69, 9.17) is 16.0 Å². The van der Waals surface area contributed by atoms with Gasteiger partial charge in [0, 0.05) is 25.8 Å². The van der Waals surface area contributed by atoms with Gasteiger partial charge in [-0.25, -0.2) is 0 Å². The molecule has 53 heavy (non-hydrogen) atoms. The molecule has 1 heterocycles. The molecule has 3 heteroatoms. The molecule has 0 bridgehead atoms. The van der Waals surface area contributed by atoms with Crippen molar-refractivity contribution in [1.29, 1.82) is 0 Å². The van der Waals surface area contributed by atoms with Crippen LogP contribution in [-0.4, -0.2) is 0 Å². The molecule has 0 fully saturated rings. The van der Waals surface area contributed by atoms with E-state index in [0.717, 1.165) is 32.0 Å². The van der Waals surface area contributed by atoms with Crippen LogP contribution in [0.3, 0.4) is 0 Å². The standard InChI is InChI=1S/C50H30BrClO/c51-35-25-27-38-40(29-35)49(31-15-5-1-6-16-31,32-17-7-2-8-18-32)47-45(38)48-44(39-23-13-14-24-42(39)53-48)43-37-28-26-36(52)30-41(37)50(46(43)47,33-19-9-3-10-20-33)34-21-11-4-12-22-34/h1-30H. The first-order chi connectivity index (χ1) is 26.1. The lowest BCUT2D eigenvalue weighted by atomic mass is 9.60. The van der Waals surface area contributed by atoms with Gasteiger partial charge in [-0.15, -0.1) is 0 Å². The van der Waals surface area contributed by atoms with Crippen molar-refractivity contribution in [2.45, 2.75) is 10.8 Å². The van der Waals surface area contributed by atoms with Gasteiger partial charge < -0.3 is 4.42 Å². The second-order valence-corrected chi connectivity index (χ2v) is 15.5. The zero-order valence-corrected chi connectivity index (χ0v) is 30.8. The van der Waals surface area contributed by atoms with Crippen LogP contribution in [-0.2, 0) is 10.8 Å². The Hall–Kier alpha value is -5.67. The van der Waals surface area contributed by atoms with Gasteiger partial charge >= 0.3 is 0 Å². The zero-order valence-electron chi connectivity index (χ0n) is 28.5. The second kappa shape index (κ2) is 11.4. The van der Waals surface area contributed by atoms with Crippen LogP contribution in [0.25, 0.3) is 44.2 Å². The summed E-state index contributed by atoms with van der Waals surface area (Å²) in [6.45, 7) is 0. The second-order valence-electron chi connectivity index (χ2n) is 14.1. The van der Waals surface area contributed by atoms with E-state index in [0.29, 0.717) is 5.02 Å². The lowest BCUT2D eigenvalue weighted by Crippen LogP contribution is -2.35. The topological polar surface area (TPSA) is 13.1 Å². The largest absolute Gasteiger partial charge is 0.455 e. The van der Waals surface area contributed by atoms with E-state index in [2.05, 4.69) is 192 Å². The normalized spacial score (nSPS) is 14.5. The highest BCUT2D eigenvalue weighted by molar-refractivity contribution is 9.10. The smallest absolute Gasteiger partial charge is 0.144 e. The van der Waals surface area contributed by atoms with Gasteiger partial charge in [-0.3, -0.25) is 0 Å². The number of fused-ring (bicyclic) bond motifs is 12. The highest BCUT2D eigenvalue weighted by atomic mass is 79.9. The number of halogens is 2. The summed E-state index contributed by atoms with van der Waals surface area (Å²) in [6.07, 6.45) is 0. The molecule has 11 rings (SSSR count). The maximum absolute atomic E-state index is 7.15. The molecule has 0 unspecified atom stereocenters. The summed E-state index contributed by atoms with van der Waals surface area (Å²) in [5, 5.41) is 2.95. The molecular formula is C50H30BrClO. The van der Waals surface area contributed by atoms with Crippen LogP contribution in [0.15, 0.2) is 191 Å². The van der Waals surface area contributed by atoms with Crippen molar-refractivity contribution in [1.82, 2.24) is 0 Å². The van der Waals surface area contributed by atoms with Crippen LogP contribution < -0.4 is 0 Å². The molecule has 9 aromatic rings. The average molecular weight is 762 g/mol. The number of benzene rings is 8. The Morgan fingerprint density at radius 2 is 0.906 bits per heavy atom. The minimum atomic E-state index is -0.733. The van der Waals surface area contributed by atoms with E-state index in [-0.39, 0.29) is 0 Å². The summed E-state index contributed by atoms with van der Waals surface area (Å²) in [7, 11) is 0. The number of para-hydroxylation sites is 1. The fourth-order valence-corrected chi connectivity index (χ4v) is 10.4. The number of rotatable bonds is 4. The van der Waals surface area contributed by atoms with Crippen LogP contribution in [0.5, 0.6) is 0 Å². The Morgan fingerprint density at radius 1 is 0.453 bits per heavy atom. The van der Waals surface area contributed by atoms with Gasteiger partial charge in [-0.05, 0) is 91.5 Å². The molecule has 1 aromatic heterocycles. The van der Waals surface area contributed by atoms with Crippen molar-refractivity contribution >= 4 is 49.5 Å². The number of hydrogen-bond acceptors (Lipinski definition) is 1. The summed E-state index contributed by atoms with van der Waals surface area (Å²) >= 11 is 11.0. The minimum absolute atomic E-state index is 0.710. The van der Waals surface area contributed by atoms with E-state index < -0.39 is 10.8 Å². The van der Waals surface area contributed by atoms with E-state index in [1.807, 2.05) is 6.07 Å². The zero-order chi connectivity index (χ0) is 35.3. The fourth-order valence-electron chi connectivity index (χ4n) is 9.88. The molecule has 0 atom stereocenters.